The molecule has 1 atom stereocenters. The van der Waals surface area contributed by atoms with Crippen LogP contribution in [0.15, 0.2) is 12.2 Å². The molecule has 2 N–H and O–H groups in total. The summed E-state index contributed by atoms with van der Waals surface area (Å²) < 4.78 is 0. The zero-order valence-electron chi connectivity index (χ0n) is 7.97. The second-order valence-corrected chi connectivity index (χ2v) is 3.36. The Balaban J connectivity index is 1.87. The minimum absolute atomic E-state index is 0.732. The number of rotatable bonds is 5. The summed E-state index contributed by atoms with van der Waals surface area (Å²) >= 11 is 0. The van der Waals surface area contributed by atoms with E-state index in [0.29, 0.717) is 0 Å². The molecule has 0 aliphatic carbocycles. The normalized spacial score (nSPS) is 23.9. The molecule has 0 aromatic carbocycles. The van der Waals surface area contributed by atoms with Crippen molar-refractivity contribution in [2.45, 2.75) is 32.2 Å². The Kier molecular flexibility index (Phi) is 5.04. The van der Waals surface area contributed by atoms with Gasteiger partial charge in [0.15, 0.2) is 0 Å². The molecule has 0 amide bonds. The van der Waals surface area contributed by atoms with Crippen LogP contribution in [0.3, 0.4) is 0 Å². The Bertz CT molecular complexity index is 126. The average molecular weight is 168 g/mol. The molecule has 1 aliphatic heterocycles. The standard InChI is InChI=1S/C10H20N2/c1-2-3-4-7-11-9-10-6-5-8-12-10/h2-3,10-12H,4-9H2,1H3/b3-2+. The van der Waals surface area contributed by atoms with Crippen LogP contribution in [-0.2, 0) is 0 Å². The Morgan fingerprint density at radius 3 is 3.17 bits per heavy atom. The lowest BCUT2D eigenvalue weighted by molar-refractivity contribution is 0.539. The van der Waals surface area contributed by atoms with E-state index in [-0.39, 0.29) is 0 Å². The lowest BCUT2D eigenvalue weighted by Gasteiger charge is -2.10. The molecule has 2 nitrogen and oxygen atoms in total. The van der Waals surface area contributed by atoms with Gasteiger partial charge in [-0.25, -0.2) is 0 Å². The Morgan fingerprint density at radius 1 is 1.58 bits per heavy atom. The summed E-state index contributed by atoms with van der Waals surface area (Å²) in [6, 6.07) is 0.732. The molecule has 0 bridgehead atoms. The van der Waals surface area contributed by atoms with E-state index in [9.17, 15) is 0 Å². The lowest BCUT2D eigenvalue weighted by Crippen LogP contribution is -2.34. The van der Waals surface area contributed by atoms with Gasteiger partial charge in [-0.3, -0.25) is 0 Å². The van der Waals surface area contributed by atoms with Gasteiger partial charge < -0.3 is 10.6 Å². The predicted octanol–water partition coefficient (Wildman–Crippen LogP) is 1.29. The highest BCUT2D eigenvalue weighted by atomic mass is 15.0. The average Bonchev–Trinajstić information content (AvgIpc) is 2.57. The highest BCUT2D eigenvalue weighted by Crippen LogP contribution is 2.02. The van der Waals surface area contributed by atoms with Crippen LogP contribution in [-0.4, -0.2) is 25.7 Å². The van der Waals surface area contributed by atoms with Gasteiger partial charge in [0.1, 0.15) is 0 Å². The van der Waals surface area contributed by atoms with Crippen molar-refractivity contribution in [1.82, 2.24) is 10.6 Å². The van der Waals surface area contributed by atoms with Gasteiger partial charge >= 0.3 is 0 Å². The van der Waals surface area contributed by atoms with Gasteiger partial charge in [0.25, 0.3) is 0 Å². The van der Waals surface area contributed by atoms with E-state index in [4.69, 9.17) is 0 Å². The maximum absolute atomic E-state index is 3.47. The molecule has 70 valence electrons. The van der Waals surface area contributed by atoms with Crippen molar-refractivity contribution >= 4 is 0 Å². The summed E-state index contributed by atoms with van der Waals surface area (Å²) in [5.41, 5.74) is 0. The Hall–Kier alpha value is -0.340. The summed E-state index contributed by atoms with van der Waals surface area (Å²) in [7, 11) is 0. The summed E-state index contributed by atoms with van der Waals surface area (Å²) in [4.78, 5) is 0. The van der Waals surface area contributed by atoms with Gasteiger partial charge in [0, 0.05) is 12.6 Å². The fourth-order valence-corrected chi connectivity index (χ4v) is 1.56. The second kappa shape index (κ2) is 6.21. The van der Waals surface area contributed by atoms with Crippen LogP contribution < -0.4 is 10.6 Å². The van der Waals surface area contributed by atoms with Crippen LogP contribution in [0.2, 0.25) is 0 Å². The largest absolute Gasteiger partial charge is 0.315 e. The highest BCUT2D eigenvalue weighted by molar-refractivity contribution is 4.79. The quantitative estimate of drug-likeness (QED) is 0.477. The van der Waals surface area contributed by atoms with E-state index in [1.165, 1.54) is 19.4 Å². The zero-order chi connectivity index (χ0) is 8.65. The third-order valence-corrected chi connectivity index (χ3v) is 2.28. The third-order valence-electron chi connectivity index (χ3n) is 2.28. The fraction of sp³-hybridized carbons (Fsp3) is 0.800. The predicted molar refractivity (Wildman–Crippen MR) is 53.3 cm³/mol. The maximum atomic E-state index is 3.47. The van der Waals surface area contributed by atoms with Crippen molar-refractivity contribution in [3.63, 3.8) is 0 Å². The van der Waals surface area contributed by atoms with Crippen molar-refractivity contribution < 1.29 is 0 Å². The second-order valence-electron chi connectivity index (χ2n) is 3.36. The SMILES string of the molecule is C/C=C/CCNCC1CCCN1. The van der Waals surface area contributed by atoms with Gasteiger partial charge in [0.05, 0.1) is 0 Å². The molecule has 1 heterocycles. The molecule has 0 aromatic heterocycles. The molecule has 0 radical (unpaired) electrons. The number of hydrogen-bond acceptors (Lipinski definition) is 2. The number of allylic oxidation sites excluding steroid dienone is 1. The lowest BCUT2D eigenvalue weighted by atomic mass is 10.2. The van der Waals surface area contributed by atoms with Crippen LogP contribution >= 0.6 is 0 Å². The van der Waals surface area contributed by atoms with Crippen LogP contribution in [0.25, 0.3) is 0 Å². The van der Waals surface area contributed by atoms with Crippen LogP contribution in [0, 0.1) is 0 Å². The Labute approximate surface area is 75.4 Å². The number of hydrogen-bond donors (Lipinski definition) is 2. The molecule has 0 spiro atoms. The molecule has 1 saturated heterocycles. The van der Waals surface area contributed by atoms with Crippen molar-refractivity contribution in [2.24, 2.45) is 0 Å². The van der Waals surface area contributed by atoms with Crippen molar-refractivity contribution in [2.75, 3.05) is 19.6 Å². The first-order chi connectivity index (χ1) is 5.93. The molecule has 0 aromatic rings. The van der Waals surface area contributed by atoms with E-state index in [1.807, 2.05) is 0 Å². The summed E-state index contributed by atoms with van der Waals surface area (Å²) in [5.74, 6) is 0. The number of nitrogens with one attached hydrogen (secondary N) is 2. The van der Waals surface area contributed by atoms with E-state index < -0.39 is 0 Å². The fourth-order valence-electron chi connectivity index (χ4n) is 1.56. The van der Waals surface area contributed by atoms with Crippen molar-refractivity contribution in [1.29, 1.82) is 0 Å². The summed E-state index contributed by atoms with van der Waals surface area (Å²) in [6.07, 6.45) is 8.16. The van der Waals surface area contributed by atoms with E-state index >= 15 is 0 Å². The summed E-state index contributed by atoms with van der Waals surface area (Å²) in [5, 5.41) is 6.92. The third kappa shape index (κ3) is 3.88. The molecule has 2 heteroatoms. The molecule has 1 aliphatic rings. The first-order valence-electron chi connectivity index (χ1n) is 4.98. The zero-order valence-corrected chi connectivity index (χ0v) is 7.97. The van der Waals surface area contributed by atoms with Crippen LogP contribution in [0.5, 0.6) is 0 Å². The van der Waals surface area contributed by atoms with Gasteiger partial charge in [0.2, 0.25) is 0 Å². The van der Waals surface area contributed by atoms with Gasteiger partial charge in [-0.2, -0.15) is 0 Å². The minimum atomic E-state index is 0.732. The molecular weight excluding hydrogens is 148 g/mol. The van der Waals surface area contributed by atoms with E-state index in [1.54, 1.807) is 0 Å². The minimum Gasteiger partial charge on any atom is -0.315 e. The van der Waals surface area contributed by atoms with Crippen LogP contribution in [0.4, 0.5) is 0 Å². The van der Waals surface area contributed by atoms with Gasteiger partial charge in [-0.05, 0) is 39.3 Å². The molecule has 1 unspecified atom stereocenters. The Morgan fingerprint density at radius 2 is 2.50 bits per heavy atom. The highest BCUT2D eigenvalue weighted by Gasteiger charge is 2.12. The molecular formula is C10H20N2. The van der Waals surface area contributed by atoms with Crippen LogP contribution in [0.1, 0.15) is 26.2 Å². The summed E-state index contributed by atoms with van der Waals surface area (Å²) in [6.45, 7) is 5.53. The molecule has 1 rings (SSSR count). The van der Waals surface area contributed by atoms with Gasteiger partial charge in [-0.15, -0.1) is 0 Å². The van der Waals surface area contributed by atoms with Crippen molar-refractivity contribution in [3.8, 4) is 0 Å². The first-order valence-corrected chi connectivity index (χ1v) is 4.98. The molecule has 12 heavy (non-hydrogen) atoms. The van der Waals surface area contributed by atoms with Crippen molar-refractivity contribution in [3.05, 3.63) is 12.2 Å². The van der Waals surface area contributed by atoms with Gasteiger partial charge in [-0.1, -0.05) is 12.2 Å². The first kappa shape index (κ1) is 9.75. The maximum Gasteiger partial charge on any atom is 0.0192 e. The monoisotopic (exact) mass is 168 g/mol. The van der Waals surface area contributed by atoms with E-state index in [0.717, 1.165) is 25.6 Å². The van der Waals surface area contributed by atoms with E-state index in [2.05, 4.69) is 29.7 Å². The molecule has 0 saturated carbocycles. The molecule has 1 fully saturated rings. The topological polar surface area (TPSA) is 24.1 Å². The smallest absolute Gasteiger partial charge is 0.0192 e.